The van der Waals surface area contributed by atoms with Gasteiger partial charge in [0.05, 0.1) is 11.9 Å². The van der Waals surface area contributed by atoms with E-state index < -0.39 is 0 Å². The van der Waals surface area contributed by atoms with Crippen molar-refractivity contribution in [1.82, 2.24) is 15.6 Å². The first-order chi connectivity index (χ1) is 13.6. The van der Waals surface area contributed by atoms with Gasteiger partial charge in [0.25, 0.3) is 0 Å². The van der Waals surface area contributed by atoms with E-state index in [-0.39, 0.29) is 5.91 Å². The van der Waals surface area contributed by atoms with Crippen LogP contribution in [0.3, 0.4) is 0 Å². The first kappa shape index (κ1) is 17.9. The van der Waals surface area contributed by atoms with E-state index >= 15 is 0 Å². The van der Waals surface area contributed by atoms with Crippen LogP contribution >= 0.6 is 0 Å². The van der Waals surface area contributed by atoms with Crippen molar-refractivity contribution in [2.75, 3.05) is 0 Å². The number of carbonyl (C=O) groups is 1. The maximum absolute atomic E-state index is 12.2. The molecule has 0 unspecified atom stereocenters. The molecule has 0 spiro atoms. The van der Waals surface area contributed by atoms with Crippen molar-refractivity contribution in [1.29, 1.82) is 0 Å². The molecule has 0 radical (unpaired) electrons. The molecule has 0 saturated carbocycles. The van der Waals surface area contributed by atoms with E-state index in [1.165, 1.54) is 0 Å². The second kappa shape index (κ2) is 7.64. The van der Waals surface area contributed by atoms with E-state index in [4.69, 9.17) is 0 Å². The van der Waals surface area contributed by atoms with E-state index in [1.54, 1.807) is 6.21 Å². The van der Waals surface area contributed by atoms with Gasteiger partial charge in [-0.05, 0) is 53.4 Å². The van der Waals surface area contributed by atoms with Gasteiger partial charge in [0, 0.05) is 17.7 Å². The highest BCUT2D eigenvalue weighted by atomic mass is 16.2. The van der Waals surface area contributed by atoms with Gasteiger partial charge in [-0.15, -0.1) is 0 Å². The maximum Gasteiger partial charge on any atom is 0.240 e. The summed E-state index contributed by atoms with van der Waals surface area (Å²) in [6.45, 7) is 3.91. The first-order valence-corrected chi connectivity index (χ1v) is 9.36. The first-order valence-electron chi connectivity index (χ1n) is 9.36. The molecule has 140 valence electrons. The molecule has 5 heteroatoms. The lowest BCUT2D eigenvalue weighted by Gasteiger charge is -2.08. The minimum Gasteiger partial charge on any atom is -0.282 e. The largest absolute Gasteiger partial charge is 0.282 e. The summed E-state index contributed by atoms with van der Waals surface area (Å²) in [6, 6.07) is 18.6. The molecule has 4 aromatic rings. The Labute approximate surface area is 163 Å². The van der Waals surface area contributed by atoms with E-state index in [9.17, 15) is 4.79 Å². The fourth-order valence-corrected chi connectivity index (χ4v) is 3.59. The Kier molecular flexibility index (Phi) is 4.89. The van der Waals surface area contributed by atoms with E-state index in [1.807, 2.05) is 38.1 Å². The number of benzene rings is 3. The number of carbonyl (C=O) groups excluding carboxylic acids is 1. The molecule has 3 aromatic carbocycles. The number of fused-ring (bicyclic) bond motifs is 2. The normalized spacial score (nSPS) is 11.5. The molecule has 5 nitrogen and oxygen atoms in total. The number of H-pyrrole nitrogens is 1. The molecule has 0 aliphatic carbocycles. The van der Waals surface area contributed by atoms with Crippen molar-refractivity contribution in [2.24, 2.45) is 5.10 Å². The fourth-order valence-electron chi connectivity index (χ4n) is 3.59. The topological polar surface area (TPSA) is 70.1 Å². The average Bonchev–Trinajstić information content (AvgIpc) is 3.03. The highest BCUT2D eigenvalue weighted by Gasteiger charge is 2.09. The summed E-state index contributed by atoms with van der Waals surface area (Å²) < 4.78 is 0. The van der Waals surface area contributed by atoms with Gasteiger partial charge in [-0.3, -0.25) is 9.89 Å². The molecule has 0 bridgehead atoms. The third-order valence-corrected chi connectivity index (χ3v) is 5.08. The highest BCUT2D eigenvalue weighted by Crippen LogP contribution is 2.27. The summed E-state index contributed by atoms with van der Waals surface area (Å²) >= 11 is 0. The van der Waals surface area contributed by atoms with Crippen LogP contribution in [0.4, 0.5) is 0 Å². The third-order valence-electron chi connectivity index (χ3n) is 5.08. The summed E-state index contributed by atoms with van der Waals surface area (Å²) in [5.41, 5.74) is 6.72. The lowest BCUT2D eigenvalue weighted by atomic mass is 9.97. The van der Waals surface area contributed by atoms with Crippen molar-refractivity contribution >= 4 is 33.7 Å². The Hall–Kier alpha value is -3.47. The van der Waals surface area contributed by atoms with Crippen molar-refractivity contribution in [3.63, 3.8) is 0 Å². The van der Waals surface area contributed by atoms with Crippen molar-refractivity contribution in [3.05, 3.63) is 77.1 Å². The number of amides is 1. The monoisotopic (exact) mass is 370 g/mol. The molecule has 1 heterocycles. The Balaban J connectivity index is 1.54. The SMILES string of the molecule is Cc1n[nH]c(C)c1CCC(=O)N/N=C/c1c2ccccc2cc2ccccc12. The quantitative estimate of drug-likeness (QED) is 0.310. The summed E-state index contributed by atoms with van der Waals surface area (Å²) in [6.07, 6.45) is 2.76. The number of hydrogen-bond donors (Lipinski definition) is 2. The van der Waals surface area contributed by atoms with Crippen molar-refractivity contribution < 1.29 is 4.79 Å². The van der Waals surface area contributed by atoms with Crippen LogP contribution < -0.4 is 5.43 Å². The number of nitrogens with zero attached hydrogens (tertiary/aromatic N) is 2. The minimum absolute atomic E-state index is 0.110. The molecule has 0 aliphatic rings. The summed E-state index contributed by atoms with van der Waals surface area (Å²) in [7, 11) is 0. The number of hydrazone groups is 1. The van der Waals surface area contributed by atoms with Gasteiger partial charge in [-0.25, -0.2) is 5.43 Å². The predicted molar refractivity (Wildman–Crippen MR) is 114 cm³/mol. The standard InChI is InChI=1S/C23H22N4O/c1-15-19(16(2)26-25-15)11-12-23(28)27-24-14-22-20-9-5-3-7-17(20)13-18-8-4-6-10-21(18)22/h3-10,13-14H,11-12H2,1-2H3,(H,25,26)(H,27,28)/b24-14+. The minimum atomic E-state index is -0.110. The molecule has 4 rings (SSSR count). The molecule has 0 atom stereocenters. The van der Waals surface area contributed by atoms with Crippen LogP contribution in [0.25, 0.3) is 21.5 Å². The zero-order valence-corrected chi connectivity index (χ0v) is 16.0. The summed E-state index contributed by atoms with van der Waals surface area (Å²) in [5, 5.41) is 15.9. The molecule has 0 fully saturated rings. The molecular formula is C23H22N4O. The van der Waals surface area contributed by atoms with E-state index in [2.05, 4.69) is 51.1 Å². The number of rotatable bonds is 5. The van der Waals surface area contributed by atoms with Crippen LogP contribution in [0.15, 0.2) is 59.7 Å². The third kappa shape index (κ3) is 3.51. The molecule has 0 saturated heterocycles. The van der Waals surface area contributed by atoms with Crippen molar-refractivity contribution in [3.8, 4) is 0 Å². The number of hydrogen-bond acceptors (Lipinski definition) is 3. The highest BCUT2D eigenvalue weighted by molar-refractivity contribution is 6.13. The van der Waals surface area contributed by atoms with Gasteiger partial charge in [-0.2, -0.15) is 10.2 Å². The van der Waals surface area contributed by atoms with Crippen LogP contribution in [0.1, 0.15) is 28.9 Å². The van der Waals surface area contributed by atoms with E-state index in [0.717, 1.165) is 44.1 Å². The van der Waals surface area contributed by atoms with Crippen LogP contribution in [0.2, 0.25) is 0 Å². The van der Waals surface area contributed by atoms with Gasteiger partial charge in [0.15, 0.2) is 0 Å². The molecule has 1 aromatic heterocycles. The van der Waals surface area contributed by atoms with Crippen LogP contribution in [-0.4, -0.2) is 22.3 Å². The Morgan fingerprint density at radius 3 is 2.32 bits per heavy atom. The zero-order chi connectivity index (χ0) is 19.5. The second-order valence-corrected chi connectivity index (χ2v) is 6.94. The summed E-state index contributed by atoms with van der Waals surface area (Å²) in [4.78, 5) is 12.2. The Bertz CT molecular complexity index is 1120. The average molecular weight is 370 g/mol. The second-order valence-electron chi connectivity index (χ2n) is 6.94. The Morgan fingerprint density at radius 1 is 1.07 bits per heavy atom. The van der Waals surface area contributed by atoms with Crippen LogP contribution in [0, 0.1) is 13.8 Å². The molecule has 28 heavy (non-hydrogen) atoms. The number of aryl methyl sites for hydroxylation is 2. The number of nitrogens with one attached hydrogen (secondary N) is 2. The van der Waals surface area contributed by atoms with Gasteiger partial charge in [0.2, 0.25) is 5.91 Å². The number of aromatic amines is 1. The lowest BCUT2D eigenvalue weighted by Crippen LogP contribution is -2.18. The van der Waals surface area contributed by atoms with Gasteiger partial charge >= 0.3 is 0 Å². The fraction of sp³-hybridized carbons (Fsp3) is 0.174. The molecule has 0 aliphatic heterocycles. The smallest absolute Gasteiger partial charge is 0.240 e. The van der Waals surface area contributed by atoms with Crippen LogP contribution in [-0.2, 0) is 11.2 Å². The lowest BCUT2D eigenvalue weighted by molar-refractivity contribution is -0.121. The molecular weight excluding hydrogens is 348 g/mol. The maximum atomic E-state index is 12.2. The van der Waals surface area contributed by atoms with Gasteiger partial charge < -0.3 is 0 Å². The summed E-state index contributed by atoms with van der Waals surface area (Å²) in [5.74, 6) is -0.110. The molecule has 2 N–H and O–H groups in total. The molecule has 1 amide bonds. The van der Waals surface area contributed by atoms with Crippen molar-refractivity contribution in [2.45, 2.75) is 26.7 Å². The number of aromatic nitrogens is 2. The van der Waals surface area contributed by atoms with Crippen LogP contribution in [0.5, 0.6) is 0 Å². The predicted octanol–water partition coefficient (Wildman–Crippen LogP) is 4.42. The Morgan fingerprint density at radius 2 is 1.71 bits per heavy atom. The zero-order valence-electron chi connectivity index (χ0n) is 16.0. The van der Waals surface area contributed by atoms with Gasteiger partial charge in [-0.1, -0.05) is 48.5 Å². The van der Waals surface area contributed by atoms with Gasteiger partial charge in [0.1, 0.15) is 0 Å². The van der Waals surface area contributed by atoms with E-state index in [0.29, 0.717) is 12.8 Å².